The fraction of sp³-hybridized carbons (Fsp3) is 0.350. The summed E-state index contributed by atoms with van der Waals surface area (Å²) in [5.41, 5.74) is 1.02. The van der Waals surface area contributed by atoms with Gasteiger partial charge in [0.15, 0.2) is 15.8 Å². The van der Waals surface area contributed by atoms with Gasteiger partial charge in [-0.1, -0.05) is 48.9 Å². The van der Waals surface area contributed by atoms with Crippen LogP contribution in [0.15, 0.2) is 64.5 Å². The van der Waals surface area contributed by atoms with Crippen LogP contribution in [0.2, 0.25) is 5.02 Å². The molecule has 0 amide bonds. The lowest BCUT2D eigenvalue weighted by atomic mass is 10.1. The second kappa shape index (κ2) is 11.6. The molecule has 2 aromatic rings. The SMILES string of the molecule is CCC(CS(=O)(=O)c1ccccc1)NC(=NC)NC(C)c1cccc(Cl)c1.I. The topological polar surface area (TPSA) is 70.6 Å². The maximum atomic E-state index is 12.6. The van der Waals surface area contributed by atoms with Crippen molar-refractivity contribution < 1.29 is 8.42 Å². The average molecular weight is 536 g/mol. The Balaban J connectivity index is 0.00000392. The predicted octanol–water partition coefficient (Wildman–Crippen LogP) is 4.44. The minimum Gasteiger partial charge on any atom is -0.353 e. The lowest BCUT2D eigenvalue weighted by Gasteiger charge is -2.23. The first-order valence-electron chi connectivity index (χ1n) is 8.88. The highest BCUT2D eigenvalue weighted by Gasteiger charge is 2.21. The van der Waals surface area contributed by atoms with Crippen molar-refractivity contribution in [1.29, 1.82) is 0 Å². The molecular weight excluding hydrogens is 509 g/mol. The van der Waals surface area contributed by atoms with Crippen LogP contribution in [-0.2, 0) is 9.84 Å². The number of rotatable bonds is 7. The summed E-state index contributed by atoms with van der Waals surface area (Å²) in [7, 11) is -1.71. The van der Waals surface area contributed by atoms with E-state index >= 15 is 0 Å². The van der Waals surface area contributed by atoms with Crippen LogP contribution in [0.25, 0.3) is 0 Å². The van der Waals surface area contributed by atoms with Crippen LogP contribution in [0, 0.1) is 0 Å². The highest BCUT2D eigenvalue weighted by atomic mass is 127. The van der Waals surface area contributed by atoms with Gasteiger partial charge >= 0.3 is 0 Å². The van der Waals surface area contributed by atoms with E-state index in [1.165, 1.54) is 0 Å². The number of hydrogen-bond donors (Lipinski definition) is 2. The van der Waals surface area contributed by atoms with Crippen molar-refractivity contribution in [1.82, 2.24) is 10.6 Å². The van der Waals surface area contributed by atoms with Crippen LogP contribution in [0.1, 0.15) is 31.9 Å². The second-order valence-corrected chi connectivity index (χ2v) is 8.81. The van der Waals surface area contributed by atoms with Gasteiger partial charge in [0, 0.05) is 18.1 Å². The number of hydrogen-bond acceptors (Lipinski definition) is 3. The zero-order chi connectivity index (χ0) is 19.9. The van der Waals surface area contributed by atoms with Gasteiger partial charge < -0.3 is 10.6 Å². The van der Waals surface area contributed by atoms with Crippen LogP contribution in [0.5, 0.6) is 0 Å². The highest BCUT2D eigenvalue weighted by molar-refractivity contribution is 14.0. The monoisotopic (exact) mass is 535 g/mol. The summed E-state index contributed by atoms with van der Waals surface area (Å²) in [6.45, 7) is 3.95. The summed E-state index contributed by atoms with van der Waals surface area (Å²) >= 11 is 6.06. The summed E-state index contributed by atoms with van der Waals surface area (Å²) in [5.74, 6) is 0.553. The maximum Gasteiger partial charge on any atom is 0.191 e. The fourth-order valence-electron chi connectivity index (χ4n) is 2.68. The molecule has 0 fully saturated rings. The number of guanidine groups is 1. The molecule has 2 N–H and O–H groups in total. The largest absolute Gasteiger partial charge is 0.353 e. The van der Waals surface area contributed by atoms with Gasteiger partial charge in [-0.15, -0.1) is 24.0 Å². The van der Waals surface area contributed by atoms with E-state index in [0.717, 1.165) is 5.56 Å². The standard InChI is InChI=1S/C20H26ClN3O2S.HI/c1-4-18(14-27(25,26)19-11-6-5-7-12-19)24-20(22-3)23-15(2)16-9-8-10-17(21)13-16;/h5-13,15,18H,4,14H2,1-3H3,(H2,22,23,24);1H. The Hall–Kier alpha value is -1.32. The Morgan fingerprint density at radius 3 is 2.36 bits per heavy atom. The molecule has 2 atom stereocenters. The zero-order valence-corrected chi connectivity index (χ0v) is 20.1. The number of aliphatic imine (C=N–C) groups is 1. The van der Waals surface area contributed by atoms with E-state index in [0.29, 0.717) is 22.3 Å². The van der Waals surface area contributed by atoms with E-state index in [4.69, 9.17) is 11.6 Å². The third-order valence-electron chi connectivity index (χ3n) is 4.28. The third kappa shape index (κ3) is 7.25. The molecule has 0 aromatic heterocycles. The Bertz CT molecular complexity index is 876. The van der Waals surface area contributed by atoms with Gasteiger partial charge in [0.05, 0.1) is 16.7 Å². The molecule has 28 heavy (non-hydrogen) atoms. The quantitative estimate of drug-likeness (QED) is 0.313. The van der Waals surface area contributed by atoms with E-state index in [1.807, 2.05) is 38.1 Å². The van der Waals surface area contributed by atoms with Crippen molar-refractivity contribution in [2.75, 3.05) is 12.8 Å². The molecule has 0 spiro atoms. The number of nitrogens with one attached hydrogen (secondary N) is 2. The lowest BCUT2D eigenvalue weighted by Crippen LogP contribution is -2.46. The lowest BCUT2D eigenvalue weighted by molar-refractivity contribution is 0.565. The molecule has 0 saturated heterocycles. The maximum absolute atomic E-state index is 12.6. The van der Waals surface area contributed by atoms with E-state index < -0.39 is 9.84 Å². The molecule has 0 aliphatic rings. The van der Waals surface area contributed by atoms with Gasteiger partial charge in [0.2, 0.25) is 0 Å². The Labute approximate surface area is 189 Å². The molecule has 154 valence electrons. The first-order chi connectivity index (χ1) is 12.9. The van der Waals surface area contributed by atoms with E-state index in [2.05, 4.69) is 15.6 Å². The highest BCUT2D eigenvalue weighted by Crippen LogP contribution is 2.17. The molecule has 5 nitrogen and oxygen atoms in total. The summed E-state index contributed by atoms with van der Waals surface area (Å²) < 4.78 is 25.3. The van der Waals surface area contributed by atoms with Gasteiger partial charge in [-0.05, 0) is 43.2 Å². The Morgan fingerprint density at radius 2 is 1.79 bits per heavy atom. The van der Waals surface area contributed by atoms with Crippen molar-refractivity contribution in [2.24, 2.45) is 4.99 Å². The molecule has 8 heteroatoms. The molecule has 0 aliphatic carbocycles. The molecule has 0 heterocycles. The third-order valence-corrected chi connectivity index (χ3v) is 6.35. The van der Waals surface area contributed by atoms with Gasteiger partial charge in [-0.3, -0.25) is 4.99 Å². The molecule has 0 radical (unpaired) electrons. The number of nitrogens with zero attached hydrogens (tertiary/aromatic N) is 1. The first kappa shape index (κ1) is 24.7. The van der Waals surface area contributed by atoms with Crippen molar-refractivity contribution in [3.63, 3.8) is 0 Å². The zero-order valence-electron chi connectivity index (χ0n) is 16.2. The van der Waals surface area contributed by atoms with Crippen LogP contribution in [0.4, 0.5) is 0 Å². The van der Waals surface area contributed by atoms with E-state index in [1.54, 1.807) is 37.4 Å². The van der Waals surface area contributed by atoms with Gasteiger partial charge in [-0.2, -0.15) is 0 Å². The van der Waals surface area contributed by atoms with Crippen LogP contribution in [-0.4, -0.2) is 33.2 Å². The number of halogens is 2. The molecule has 0 saturated carbocycles. The molecule has 0 bridgehead atoms. The molecule has 2 aromatic carbocycles. The molecule has 0 aliphatic heterocycles. The summed E-state index contributed by atoms with van der Waals surface area (Å²) in [6.07, 6.45) is 0.651. The molecule has 2 unspecified atom stereocenters. The summed E-state index contributed by atoms with van der Waals surface area (Å²) in [5, 5.41) is 7.18. The van der Waals surface area contributed by atoms with Crippen LogP contribution >= 0.6 is 35.6 Å². The van der Waals surface area contributed by atoms with Gasteiger partial charge in [-0.25, -0.2) is 8.42 Å². The minimum absolute atomic E-state index is 0. The fourth-order valence-corrected chi connectivity index (χ4v) is 4.49. The second-order valence-electron chi connectivity index (χ2n) is 6.34. The van der Waals surface area contributed by atoms with Crippen molar-refractivity contribution in [2.45, 2.75) is 37.2 Å². The summed E-state index contributed by atoms with van der Waals surface area (Å²) in [4.78, 5) is 4.57. The average Bonchev–Trinajstić information content (AvgIpc) is 2.67. The van der Waals surface area contributed by atoms with E-state index in [9.17, 15) is 8.42 Å². The number of benzene rings is 2. The van der Waals surface area contributed by atoms with Crippen molar-refractivity contribution >= 4 is 51.4 Å². The van der Waals surface area contributed by atoms with Crippen LogP contribution < -0.4 is 10.6 Å². The van der Waals surface area contributed by atoms with Crippen molar-refractivity contribution in [3.05, 3.63) is 65.2 Å². The number of sulfone groups is 1. The minimum atomic E-state index is -3.37. The molecule has 2 rings (SSSR count). The van der Waals surface area contributed by atoms with Gasteiger partial charge in [0.25, 0.3) is 0 Å². The normalized spacial score (nSPS) is 13.9. The van der Waals surface area contributed by atoms with Crippen LogP contribution in [0.3, 0.4) is 0 Å². The first-order valence-corrected chi connectivity index (χ1v) is 10.9. The Morgan fingerprint density at radius 1 is 1.11 bits per heavy atom. The van der Waals surface area contributed by atoms with Crippen molar-refractivity contribution in [3.8, 4) is 0 Å². The smallest absolute Gasteiger partial charge is 0.191 e. The van der Waals surface area contributed by atoms with E-state index in [-0.39, 0.29) is 41.8 Å². The predicted molar refractivity (Wildman–Crippen MR) is 127 cm³/mol. The van der Waals surface area contributed by atoms with Gasteiger partial charge in [0.1, 0.15) is 0 Å². The summed E-state index contributed by atoms with van der Waals surface area (Å²) in [6, 6.07) is 15.8. The Kier molecular flexibility index (Phi) is 10.3. The molecular formula is C20H27ClIN3O2S.